The monoisotopic (exact) mass is 286 g/mol. The molecule has 2 heteroatoms. The predicted molar refractivity (Wildman–Crippen MR) is 89.5 cm³/mol. The van der Waals surface area contributed by atoms with Gasteiger partial charge < -0.3 is 5.32 Å². The van der Waals surface area contributed by atoms with E-state index < -0.39 is 0 Å². The van der Waals surface area contributed by atoms with Crippen LogP contribution in [-0.4, -0.2) is 30.6 Å². The van der Waals surface area contributed by atoms with Crippen molar-refractivity contribution in [3.05, 3.63) is 35.4 Å². The Kier molecular flexibility index (Phi) is 5.32. The Bertz CT molecular complexity index is 435. The van der Waals surface area contributed by atoms with E-state index in [1.807, 2.05) is 0 Å². The van der Waals surface area contributed by atoms with E-state index in [2.05, 4.69) is 41.4 Å². The third kappa shape index (κ3) is 4.82. The maximum absolute atomic E-state index is 3.53. The molecule has 0 radical (unpaired) electrons. The predicted octanol–water partition coefficient (Wildman–Crippen LogP) is 3.60. The summed E-state index contributed by atoms with van der Waals surface area (Å²) in [6.45, 7) is 6.99. The van der Waals surface area contributed by atoms with Crippen LogP contribution in [0.15, 0.2) is 24.3 Å². The molecule has 0 heterocycles. The first-order chi connectivity index (χ1) is 10.4. The van der Waals surface area contributed by atoms with Crippen LogP contribution in [0, 0.1) is 5.92 Å². The van der Waals surface area contributed by atoms with Gasteiger partial charge in [0.05, 0.1) is 0 Å². The van der Waals surface area contributed by atoms with Gasteiger partial charge in [-0.3, -0.25) is 4.90 Å². The molecule has 0 atom stereocenters. The Morgan fingerprint density at radius 3 is 2.48 bits per heavy atom. The fraction of sp³-hybridized carbons (Fsp3) is 0.684. The van der Waals surface area contributed by atoms with Crippen molar-refractivity contribution in [3.8, 4) is 0 Å². The summed E-state index contributed by atoms with van der Waals surface area (Å²) in [6, 6.07) is 9.96. The van der Waals surface area contributed by atoms with E-state index in [1.54, 1.807) is 11.1 Å². The van der Waals surface area contributed by atoms with Gasteiger partial charge in [-0.2, -0.15) is 0 Å². The molecule has 1 aromatic carbocycles. The lowest BCUT2D eigenvalue weighted by Gasteiger charge is -2.23. The SMILES string of the molecule is CCCNCCc1ccccc1CN(CC1CC1)C1CC1. The third-order valence-electron chi connectivity index (χ3n) is 4.74. The molecule has 3 rings (SSSR count). The van der Waals surface area contributed by atoms with Crippen LogP contribution in [0.3, 0.4) is 0 Å². The summed E-state index contributed by atoms with van der Waals surface area (Å²) in [6.07, 6.45) is 8.16. The number of hydrogen-bond donors (Lipinski definition) is 1. The normalized spacial score (nSPS) is 18.4. The summed E-state index contributed by atoms with van der Waals surface area (Å²) >= 11 is 0. The molecule has 2 saturated carbocycles. The van der Waals surface area contributed by atoms with Crippen LogP contribution in [0.2, 0.25) is 0 Å². The number of hydrogen-bond acceptors (Lipinski definition) is 2. The van der Waals surface area contributed by atoms with Gasteiger partial charge in [-0.05, 0) is 68.7 Å². The quantitative estimate of drug-likeness (QED) is 0.661. The van der Waals surface area contributed by atoms with Gasteiger partial charge in [0.25, 0.3) is 0 Å². The highest BCUT2D eigenvalue weighted by atomic mass is 15.2. The van der Waals surface area contributed by atoms with Gasteiger partial charge in [0.15, 0.2) is 0 Å². The van der Waals surface area contributed by atoms with Crippen molar-refractivity contribution in [2.24, 2.45) is 5.92 Å². The minimum Gasteiger partial charge on any atom is -0.316 e. The van der Waals surface area contributed by atoms with Gasteiger partial charge >= 0.3 is 0 Å². The first kappa shape index (κ1) is 15.1. The second kappa shape index (κ2) is 7.42. The highest BCUT2D eigenvalue weighted by Crippen LogP contribution is 2.35. The molecular formula is C19H30N2. The Hall–Kier alpha value is -0.860. The molecule has 0 aliphatic heterocycles. The molecule has 116 valence electrons. The topological polar surface area (TPSA) is 15.3 Å². The molecule has 0 amide bonds. The zero-order chi connectivity index (χ0) is 14.5. The van der Waals surface area contributed by atoms with Gasteiger partial charge in [0.2, 0.25) is 0 Å². The van der Waals surface area contributed by atoms with Crippen molar-refractivity contribution < 1.29 is 0 Å². The van der Waals surface area contributed by atoms with Crippen molar-refractivity contribution in [2.75, 3.05) is 19.6 Å². The van der Waals surface area contributed by atoms with Crippen LogP contribution < -0.4 is 5.32 Å². The molecule has 2 aliphatic rings. The summed E-state index contributed by atoms with van der Waals surface area (Å²) in [7, 11) is 0. The molecular weight excluding hydrogens is 256 g/mol. The van der Waals surface area contributed by atoms with Crippen LogP contribution in [0.1, 0.15) is 50.2 Å². The van der Waals surface area contributed by atoms with E-state index in [-0.39, 0.29) is 0 Å². The second-order valence-corrected chi connectivity index (χ2v) is 6.87. The molecule has 0 saturated heterocycles. The van der Waals surface area contributed by atoms with E-state index in [0.717, 1.165) is 31.5 Å². The molecule has 0 bridgehead atoms. The Morgan fingerprint density at radius 1 is 1.05 bits per heavy atom. The summed E-state index contributed by atoms with van der Waals surface area (Å²) in [4.78, 5) is 2.76. The van der Waals surface area contributed by atoms with Crippen molar-refractivity contribution in [3.63, 3.8) is 0 Å². The lowest BCUT2D eigenvalue weighted by atomic mass is 10.0. The van der Waals surface area contributed by atoms with Crippen LogP contribution in [0.5, 0.6) is 0 Å². The fourth-order valence-electron chi connectivity index (χ4n) is 3.11. The lowest BCUT2D eigenvalue weighted by molar-refractivity contribution is 0.243. The van der Waals surface area contributed by atoms with E-state index >= 15 is 0 Å². The van der Waals surface area contributed by atoms with Crippen molar-refractivity contribution in [1.29, 1.82) is 0 Å². The maximum atomic E-state index is 3.53. The van der Waals surface area contributed by atoms with Crippen molar-refractivity contribution >= 4 is 0 Å². The smallest absolute Gasteiger partial charge is 0.0239 e. The Labute approximate surface area is 129 Å². The van der Waals surface area contributed by atoms with E-state index in [1.165, 1.54) is 45.2 Å². The van der Waals surface area contributed by atoms with Crippen LogP contribution in [0.25, 0.3) is 0 Å². The summed E-state index contributed by atoms with van der Waals surface area (Å²) in [5.74, 6) is 1.00. The van der Waals surface area contributed by atoms with Crippen LogP contribution in [-0.2, 0) is 13.0 Å². The zero-order valence-electron chi connectivity index (χ0n) is 13.5. The second-order valence-electron chi connectivity index (χ2n) is 6.87. The summed E-state index contributed by atoms with van der Waals surface area (Å²) < 4.78 is 0. The van der Waals surface area contributed by atoms with E-state index in [4.69, 9.17) is 0 Å². The maximum Gasteiger partial charge on any atom is 0.0239 e. The highest BCUT2D eigenvalue weighted by molar-refractivity contribution is 5.27. The first-order valence-corrected chi connectivity index (χ1v) is 8.88. The van der Waals surface area contributed by atoms with Crippen molar-refractivity contribution in [1.82, 2.24) is 10.2 Å². The third-order valence-corrected chi connectivity index (χ3v) is 4.74. The largest absolute Gasteiger partial charge is 0.316 e. The summed E-state index contributed by atoms with van der Waals surface area (Å²) in [5, 5.41) is 3.53. The van der Waals surface area contributed by atoms with Gasteiger partial charge in [0.1, 0.15) is 0 Å². The average molecular weight is 286 g/mol. The first-order valence-electron chi connectivity index (χ1n) is 8.88. The van der Waals surface area contributed by atoms with Gasteiger partial charge in [0, 0.05) is 19.1 Å². The molecule has 2 fully saturated rings. The van der Waals surface area contributed by atoms with E-state index in [0.29, 0.717) is 0 Å². The molecule has 21 heavy (non-hydrogen) atoms. The van der Waals surface area contributed by atoms with Gasteiger partial charge in [-0.1, -0.05) is 31.2 Å². The molecule has 2 nitrogen and oxygen atoms in total. The van der Waals surface area contributed by atoms with Gasteiger partial charge in [-0.15, -0.1) is 0 Å². The molecule has 0 aromatic heterocycles. The minimum absolute atomic E-state index is 0.886. The standard InChI is InChI=1S/C19H30N2/c1-2-12-20-13-11-17-5-3-4-6-18(17)15-21(19-9-10-19)14-16-7-8-16/h3-6,16,19-20H,2,7-15H2,1H3. The molecule has 1 aromatic rings. The van der Waals surface area contributed by atoms with Crippen LogP contribution in [0.4, 0.5) is 0 Å². The Balaban J connectivity index is 1.57. The average Bonchev–Trinajstić information content (AvgIpc) is 3.38. The lowest BCUT2D eigenvalue weighted by Crippen LogP contribution is -2.28. The Morgan fingerprint density at radius 2 is 1.81 bits per heavy atom. The van der Waals surface area contributed by atoms with E-state index in [9.17, 15) is 0 Å². The molecule has 1 N–H and O–H groups in total. The molecule has 0 unspecified atom stereocenters. The minimum atomic E-state index is 0.886. The fourth-order valence-corrected chi connectivity index (χ4v) is 3.11. The van der Waals surface area contributed by atoms with Gasteiger partial charge in [-0.25, -0.2) is 0 Å². The number of nitrogens with zero attached hydrogens (tertiary/aromatic N) is 1. The zero-order valence-corrected chi connectivity index (χ0v) is 13.5. The molecule has 2 aliphatic carbocycles. The summed E-state index contributed by atoms with van der Waals surface area (Å²) in [5.41, 5.74) is 3.10. The number of benzene rings is 1. The molecule has 0 spiro atoms. The number of rotatable bonds is 10. The highest BCUT2D eigenvalue weighted by Gasteiger charge is 2.33. The van der Waals surface area contributed by atoms with Crippen molar-refractivity contribution in [2.45, 2.75) is 58.0 Å². The van der Waals surface area contributed by atoms with Crippen LogP contribution >= 0.6 is 0 Å². The number of nitrogens with one attached hydrogen (secondary N) is 1.